The molecule has 0 unspecified atom stereocenters. The average Bonchev–Trinajstić information content (AvgIpc) is 3.28. The summed E-state index contributed by atoms with van der Waals surface area (Å²) in [7, 11) is 0. The Morgan fingerprint density at radius 3 is 2.50 bits per heavy atom. The number of imidazole rings is 1. The number of amides is 1. The minimum Gasteiger partial charge on any atom is -0.326 e. The van der Waals surface area contributed by atoms with Crippen LogP contribution in [0.3, 0.4) is 0 Å². The van der Waals surface area contributed by atoms with Crippen molar-refractivity contribution in [2.75, 3.05) is 18.4 Å². The van der Waals surface area contributed by atoms with Crippen LogP contribution in [0.1, 0.15) is 30.5 Å². The van der Waals surface area contributed by atoms with Gasteiger partial charge in [0.05, 0.1) is 17.7 Å². The van der Waals surface area contributed by atoms with E-state index in [0.717, 1.165) is 17.3 Å². The number of benzene rings is 2. The van der Waals surface area contributed by atoms with E-state index in [4.69, 9.17) is 11.6 Å². The summed E-state index contributed by atoms with van der Waals surface area (Å²) >= 11 is 6.44. The maximum absolute atomic E-state index is 13.7. The van der Waals surface area contributed by atoms with Crippen LogP contribution in [0.4, 0.5) is 18.9 Å². The Hall–Kier alpha value is -3.43. The van der Waals surface area contributed by atoms with E-state index < -0.39 is 17.6 Å². The Morgan fingerprint density at radius 1 is 1.06 bits per heavy atom. The molecular formula is C26H25ClF3N5O. The summed E-state index contributed by atoms with van der Waals surface area (Å²) in [5.74, 6) is -0.469. The molecule has 0 aliphatic heterocycles. The van der Waals surface area contributed by atoms with Crippen LogP contribution in [0.15, 0.2) is 61.1 Å². The molecule has 0 saturated carbocycles. The number of alkyl halides is 3. The summed E-state index contributed by atoms with van der Waals surface area (Å²) in [6.45, 7) is 5.26. The molecule has 0 radical (unpaired) electrons. The van der Waals surface area contributed by atoms with Gasteiger partial charge in [0.25, 0.3) is 0 Å². The summed E-state index contributed by atoms with van der Waals surface area (Å²) in [5.41, 5.74) is 2.18. The Kier molecular flexibility index (Phi) is 7.61. The van der Waals surface area contributed by atoms with Crippen molar-refractivity contribution in [3.05, 3.63) is 82.8 Å². The first kappa shape index (κ1) is 25.7. The summed E-state index contributed by atoms with van der Waals surface area (Å²) in [4.78, 5) is 23.2. The van der Waals surface area contributed by atoms with Crippen molar-refractivity contribution < 1.29 is 18.0 Å². The molecule has 0 spiro atoms. The second-order valence-corrected chi connectivity index (χ2v) is 8.70. The third-order valence-corrected chi connectivity index (χ3v) is 6.31. The smallest absolute Gasteiger partial charge is 0.326 e. The fraction of sp³-hybridized carbons (Fsp3) is 0.269. The minimum absolute atomic E-state index is 0.0827. The first-order chi connectivity index (χ1) is 17.2. The van der Waals surface area contributed by atoms with Gasteiger partial charge in [-0.15, -0.1) is 0 Å². The van der Waals surface area contributed by atoms with Gasteiger partial charge >= 0.3 is 6.18 Å². The maximum atomic E-state index is 13.7. The van der Waals surface area contributed by atoms with E-state index in [0.29, 0.717) is 29.3 Å². The highest BCUT2D eigenvalue weighted by Gasteiger charge is 2.34. The zero-order valence-electron chi connectivity index (χ0n) is 19.8. The topological polar surface area (TPSA) is 63.1 Å². The Balaban J connectivity index is 1.50. The van der Waals surface area contributed by atoms with E-state index in [1.165, 1.54) is 12.1 Å². The molecule has 2 heterocycles. The molecule has 10 heteroatoms. The third-order valence-electron chi connectivity index (χ3n) is 5.96. The van der Waals surface area contributed by atoms with Crippen molar-refractivity contribution >= 4 is 34.4 Å². The lowest BCUT2D eigenvalue weighted by Gasteiger charge is -2.21. The molecule has 1 N–H and O–H groups in total. The van der Waals surface area contributed by atoms with Crippen LogP contribution in [0, 0.1) is 0 Å². The van der Waals surface area contributed by atoms with Crippen LogP contribution in [-0.2, 0) is 23.9 Å². The summed E-state index contributed by atoms with van der Waals surface area (Å²) < 4.78 is 42.9. The molecule has 4 rings (SSSR count). The number of carbonyl (C=O) groups excluding carboxylic acids is 1. The number of carbonyl (C=O) groups is 1. The minimum atomic E-state index is -4.53. The maximum Gasteiger partial charge on any atom is 0.416 e. The van der Waals surface area contributed by atoms with Crippen molar-refractivity contribution in [1.29, 1.82) is 0 Å². The van der Waals surface area contributed by atoms with Crippen molar-refractivity contribution in [2.45, 2.75) is 33.0 Å². The summed E-state index contributed by atoms with van der Waals surface area (Å²) in [6.07, 6.45) is -1.32. The monoisotopic (exact) mass is 515 g/mol. The lowest BCUT2D eigenvalue weighted by Crippen LogP contribution is -2.24. The van der Waals surface area contributed by atoms with Crippen LogP contribution in [-0.4, -0.2) is 38.4 Å². The van der Waals surface area contributed by atoms with Crippen molar-refractivity contribution in [3.8, 4) is 5.69 Å². The highest BCUT2D eigenvalue weighted by atomic mass is 35.5. The molecule has 4 aromatic rings. The number of pyridine rings is 1. The predicted octanol–water partition coefficient (Wildman–Crippen LogP) is 6.12. The van der Waals surface area contributed by atoms with Gasteiger partial charge in [-0.25, -0.2) is 9.97 Å². The molecule has 0 saturated heterocycles. The van der Waals surface area contributed by atoms with E-state index in [2.05, 4.69) is 15.3 Å². The number of anilines is 1. The van der Waals surface area contributed by atoms with Gasteiger partial charge in [-0.2, -0.15) is 13.2 Å². The molecule has 0 atom stereocenters. The van der Waals surface area contributed by atoms with E-state index >= 15 is 0 Å². The first-order valence-electron chi connectivity index (χ1n) is 11.5. The highest BCUT2D eigenvalue weighted by Crippen LogP contribution is 2.34. The van der Waals surface area contributed by atoms with Crippen molar-refractivity contribution in [2.24, 2.45) is 0 Å². The Labute approximate surface area is 211 Å². The normalized spacial score (nSPS) is 11.9. The van der Waals surface area contributed by atoms with E-state index in [9.17, 15) is 18.0 Å². The van der Waals surface area contributed by atoms with Crippen LogP contribution >= 0.6 is 11.6 Å². The number of hydrogen-bond acceptors (Lipinski definition) is 4. The third kappa shape index (κ3) is 5.68. The van der Waals surface area contributed by atoms with Crippen LogP contribution in [0.25, 0.3) is 16.9 Å². The molecule has 2 aromatic carbocycles. The number of hydrogen-bond donors (Lipinski definition) is 1. The SMILES string of the molecule is CCN(CC)Cc1ccc(NC(=O)Cc2ccc(-n3cnc4cccnc43)cc2Cl)cc1C(F)(F)F. The second-order valence-electron chi connectivity index (χ2n) is 8.29. The number of aromatic nitrogens is 3. The van der Waals surface area contributed by atoms with Gasteiger partial charge in [-0.1, -0.05) is 37.6 Å². The lowest BCUT2D eigenvalue weighted by molar-refractivity contribution is -0.138. The lowest BCUT2D eigenvalue weighted by atomic mass is 10.0. The Bertz CT molecular complexity index is 1380. The largest absolute Gasteiger partial charge is 0.416 e. The molecule has 188 valence electrons. The summed E-state index contributed by atoms with van der Waals surface area (Å²) in [6, 6.07) is 12.7. The fourth-order valence-corrected chi connectivity index (χ4v) is 4.23. The van der Waals surface area contributed by atoms with Gasteiger partial charge in [0, 0.05) is 23.5 Å². The van der Waals surface area contributed by atoms with Gasteiger partial charge in [0.1, 0.15) is 11.8 Å². The quantitative estimate of drug-likeness (QED) is 0.307. The first-order valence-corrected chi connectivity index (χ1v) is 11.9. The molecular weight excluding hydrogens is 491 g/mol. The molecule has 2 aromatic heterocycles. The summed E-state index contributed by atoms with van der Waals surface area (Å²) in [5, 5.41) is 2.92. The van der Waals surface area contributed by atoms with Crippen LogP contribution in [0.2, 0.25) is 5.02 Å². The zero-order valence-corrected chi connectivity index (χ0v) is 20.6. The predicted molar refractivity (Wildman–Crippen MR) is 134 cm³/mol. The van der Waals surface area contributed by atoms with Gasteiger partial charge < -0.3 is 5.32 Å². The van der Waals surface area contributed by atoms with Gasteiger partial charge in [0.2, 0.25) is 5.91 Å². The molecule has 0 fully saturated rings. The molecule has 36 heavy (non-hydrogen) atoms. The highest BCUT2D eigenvalue weighted by molar-refractivity contribution is 6.31. The van der Waals surface area contributed by atoms with E-state index in [-0.39, 0.29) is 24.2 Å². The van der Waals surface area contributed by atoms with Crippen LogP contribution < -0.4 is 5.32 Å². The zero-order chi connectivity index (χ0) is 25.9. The van der Waals surface area contributed by atoms with Gasteiger partial charge in [-0.05, 0) is 60.6 Å². The molecule has 0 bridgehead atoms. The van der Waals surface area contributed by atoms with Crippen molar-refractivity contribution in [1.82, 2.24) is 19.4 Å². The fourth-order valence-electron chi connectivity index (χ4n) is 3.99. The molecule has 6 nitrogen and oxygen atoms in total. The molecule has 1 amide bonds. The average molecular weight is 516 g/mol. The number of halogens is 4. The van der Waals surface area contributed by atoms with Crippen molar-refractivity contribution in [3.63, 3.8) is 0 Å². The van der Waals surface area contributed by atoms with Gasteiger partial charge in [0.15, 0.2) is 5.65 Å². The number of fused-ring (bicyclic) bond motifs is 1. The van der Waals surface area contributed by atoms with Gasteiger partial charge in [-0.3, -0.25) is 14.3 Å². The second kappa shape index (κ2) is 10.7. The molecule has 0 aliphatic carbocycles. The number of nitrogens with zero attached hydrogens (tertiary/aromatic N) is 4. The van der Waals surface area contributed by atoms with Crippen LogP contribution in [0.5, 0.6) is 0 Å². The number of rotatable bonds is 8. The standard InChI is InChI=1S/C26H25ClF3N5O/c1-3-34(4-2)15-18-7-9-19(13-21(18)26(28,29)30)33-24(36)12-17-8-10-20(14-22(17)27)35-16-32-23-6-5-11-31-25(23)35/h5-11,13-14,16H,3-4,12,15H2,1-2H3,(H,33,36). The number of nitrogens with one attached hydrogen (secondary N) is 1. The van der Waals surface area contributed by atoms with E-state index in [1.807, 2.05) is 24.8 Å². The van der Waals surface area contributed by atoms with E-state index in [1.54, 1.807) is 41.4 Å². The molecule has 0 aliphatic rings. The Morgan fingerprint density at radius 2 is 1.81 bits per heavy atom.